The van der Waals surface area contributed by atoms with Crippen molar-refractivity contribution in [3.63, 3.8) is 0 Å². The molecule has 0 radical (unpaired) electrons. The van der Waals surface area contributed by atoms with Crippen molar-refractivity contribution < 1.29 is 9.59 Å². The summed E-state index contributed by atoms with van der Waals surface area (Å²) in [6.45, 7) is 0.108. The van der Waals surface area contributed by atoms with Crippen molar-refractivity contribution >= 4 is 11.9 Å². The van der Waals surface area contributed by atoms with E-state index in [0.29, 0.717) is 0 Å². The first-order chi connectivity index (χ1) is 10.1. The summed E-state index contributed by atoms with van der Waals surface area (Å²) in [6.07, 6.45) is 11.3. The van der Waals surface area contributed by atoms with E-state index in [-0.39, 0.29) is 30.3 Å². The van der Waals surface area contributed by atoms with Crippen LogP contribution in [0.4, 0.5) is 4.79 Å². The summed E-state index contributed by atoms with van der Waals surface area (Å²) in [5.41, 5.74) is 6.11. The highest BCUT2D eigenvalue weighted by atomic mass is 16.2. The van der Waals surface area contributed by atoms with Gasteiger partial charge in [-0.3, -0.25) is 4.79 Å². The molecule has 0 bridgehead atoms. The summed E-state index contributed by atoms with van der Waals surface area (Å²) < 4.78 is 0. The molecule has 1 saturated heterocycles. The second-order valence-electron chi connectivity index (χ2n) is 6.95. The Morgan fingerprint density at radius 2 is 1.38 bits per heavy atom. The SMILES string of the molecule is NC(C1CCCCC1)(C1CCCCC1)N1C(=O)CNC1=O. The summed E-state index contributed by atoms with van der Waals surface area (Å²) >= 11 is 0. The highest BCUT2D eigenvalue weighted by Crippen LogP contribution is 2.43. The number of urea groups is 1. The van der Waals surface area contributed by atoms with E-state index >= 15 is 0 Å². The number of carbonyl (C=O) groups is 2. The Morgan fingerprint density at radius 3 is 1.76 bits per heavy atom. The van der Waals surface area contributed by atoms with E-state index in [1.165, 1.54) is 43.4 Å². The zero-order chi connectivity index (χ0) is 14.9. The van der Waals surface area contributed by atoms with Gasteiger partial charge in [-0.1, -0.05) is 38.5 Å². The van der Waals surface area contributed by atoms with E-state index in [0.717, 1.165) is 25.7 Å². The van der Waals surface area contributed by atoms with E-state index in [1.807, 2.05) is 0 Å². The summed E-state index contributed by atoms with van der Waals surface area (Å²) in [5, 5.41) is 2.66. The second-order valence-corrected chi connectivity index (χ2v) is 6.95. The predicted molar refractivity (Wildman–Crippen MR) is 80.3 cm³/mol. The fraction of sp³-hybridized carbons (Fsp3) is 0.875. The lowest BCUT2D eigenvalue weighted by atomic mass is 9.68. The fourth-order valence-electron chi connectivity index (χ4n) is 4.64. The number of hydrogen-bond acceptors (Lipinski definition) is 3. The van der Waals surface area contributed by atoms with Crippen molar-refractivity contribution in [3.8, 4) is 0 Å². The van der Waals surface area contributed by atoms with Crippen molar-refractivity contribution in [3.05, 3.63) is 0 Å². The topological polar surface area (TPSA) is 75.4 Å². The third kappa shape index (κ3) is 2.56. The maximum atomic E-state index is 12.3. The molecule has 118 valence electrons. The quantitative estimate of drug-likeness (QED) is 0.784. The van der Waals surface area contributed by atoms with Gasteiger partial charge >= 0.3 is 6.03 Å². The van der Waals surface area contributed by atoms with Crippen molar-refractivity contribution in [2.24, 2.45) is 17.6 Å². The summed E-state index contributed by atoms with van der Waals surface area (Å²) in [4.78, 5) is 25.9. The molecular formula is C16H27N3O2. The van der Waals surface area contributed by atoms with Gasteiger partial charge < -0.3 is 11.1 Å². The lowest BCUT2D eigenvalue weighted by molar-refractivity contribution is -0.135. The van der Waals surface area contributed by atoms with Gasteiger partial charge in [0.2, 0.25) is 0 Å². The normalized spacial score (nSPS) is 26.2. The first-order valence-corrected chi connectivity index (χ1v) is 8.54. The smallest absolute Gasteiger partial charge is 0.326 e. The van der Waals surface area contributed by atoms with Crippen LogP contribution in [-0.2, 0) is 4.79 Å². The average Bonchev–Trinajstić information content (AvgIpc) is 2.88. The molecule has 3 rings (SSSR count). The molecule has 0 spiro atoms. The molecule has 0 atom stereocenters. The molecule has 0 aromatic carbocycles. The number of imide groups is 1. The number of carbonyl (C=O) groups excluding carboxylic acids is 2. The van der Waals surface area contributed by atoms with Crippen molar-refractivity contribution in [2.45, 2.75) is 69.9 Å². The lowest BCUT2D eigenvalue weighted by Crippen LogP contribution is -2.67. The van der Waals surface area contributed by atoms with Gasteiger partial charge in [-0.2, -0.15) is 0 Å². The first kappa shape index (κ1) is 14.8. The molecule has 21 heavy (non-hydrogen) atoms. The van der Waals surface area contributed by atoms with Crippen molar-refractivity contribution in [1.82, 2.24) is 10.2 Å². The number of hydrogen-bond donors (Lipinski definition) is 2. The summed E-state index contributed by atoms with van der Waals surface area (Å²) in [7, 11) is 0. The minimum absolute atomic E-state index is 0.108. The molecule has 1 heterocycles. The van der Waals surface area contributed by atoms with Crippen LogP contribution in [0.5, 0.6) is 0 Å². The molecule has 2 aliphatic carbocycles. The molecule has 5 nitrogen and oxygen atoms in total. The van der Waals surface area contributed by atoms with Gasteiger partial charge in [-0.05, 0) is 37.5 Å². The van der Waals surface area contributed by atoms with Gasteiger partial charge in [0.1, 0.15) is 5.66 Å². The van der Waals surface area contributed by atoms with E-state index in [9.17, 15) is 9.59 Å². The van der Waals surface area contributed by atoms with Crippen LogP contribution in [0.25, 0.3) is 0 Å². The Morgan fingerprint density at radius 1 is 0.905 bits per heavy atom. The molecular weight excluding hydrogens is 266 g/mol. The van der Waals surface area contributed by atoms with E-state index in [2.05, 4.69) is 5.32 Å². The van der Waals surface area contributed by atoms with Gasteiger partial charge in [0.15, 0.2) is 0 Å². The molecule has 3 amide bonds. The number of nitrogens with one attached hydrogen (secondary N) is 1. The molecule has 2 saturated carbocycles. The van der Waals surface area contributed by atoms with E-state index in [4.69, 9.17) is 5.73 Å². The van der Waals surface area contributed by atoms with Crippen molar-refractivity contribution in [2.75, 3.05) is 6.54 Å². The molecule has 3 aliphatic rings. The first-order valence-electron chi connectivity index (χ1n) is 8.54. The van der Waals surface area contributed by atoms with Crippen LogP contribution in [0.3, 0.4) is 0 Å². The van der Waals surface area contributed by atoms with Crippen LogP contribution in [-0.4, -0.2) is 29.0 Å². The zero-order valence-corrected chi connectivity index (χ0v) is 12.8. The molecule has 0 aromatic rings. The predicted octanol–water partition coefficient (Wildman–Crippen LogP) is 2.35. The highest BCUT2D eigenvalue weighted by Gasteiger charge is 2.53. The second kappa shape index (κ2) is 5.95. The van der Waals surface area contributed by atoms with Crippen LogP contribution in [0.2, 0.25) is 0 Å². The Hall–Kier alpha value is -1.10. The molecule has 1 aliphatic heterocycles. The lowest BCUT2D eigenvalue weighted by Gasteiger charge is -2.50. The Bertz CT molecular complexity index is 378. The Kier molecular flexibility index (Phi) is 4.20. The number of nitrogens with zero attached hydrogens (tertiary/aromatic N) is 1. The largest absolute Gasteiger partial charge is 0.328 e. The van der Waals surface area contributed by atoms with Gasteiger partial charge in [0.05, 0.1) is 6.54 Å². The van der Waals surface area contributed by atoms with E-state index < -0.39 is 5.66 Å². The molecule has 3 fully saturated rings. The number of nitrogens with two attached hydrogens (primary N) is 1. The third-order valence-corrected chi connectivity index (χ3v) is 5.75. The minimum Gasteiger partial charge on any atom is -0.328 e. The molecule has 3 N–H and O–H groups in total. The van der Waals surface area contributed by atoms with Gasteiger partial charge in [0.25, 0.3) is 5.91 Å². The third-order valence-electron chi connectivity index (χ3n) is 5.75. The Labute approximate surface area is 126 Å². The molecule has 0 aromatic heterocycles. The van der Waals surface area contributed by atoms with Gasteiger partial charge in [0, 0.05) is 0 Å². The maximum Gasteiger partial charge on any atom is 0.326 e. The Balaban J connectivity index is 1.92. The maximum absolute atomic E-state index is 12.3. The van der Waals surface area contributed by atoms with Crippen LogP contribution in [0.1, 0.15) is 64.2 Å². The van der Waals surface area contributed by atoms with Crippen molar-refractivity contribution in [1.29, 1.82) is 0 Å². The molecule has 0 unspecified atom stereocenters. The summed E-state index contributed by atoms with van der Waals surface area (Å²) in [6, 6.07) is -0.279. The van der Waals surface area contributed by atoms with Gasteiger partial charge in [-0.25, -0.2) is 9.69 Å². The van der Waals surface area contributed by atoms with Crippen LogP contribution in [0, 0.1) is 11.8 Å². The highest BCUT2D eigenvalue weighted by molar-refractivity contribution is 6.02. The van der Waals surface area contributed by atoms with Crippen LogP contribution in [0.15, 0.2) is 0 Å². The average molecular weight is 293 g/mol. The van der Waals surface area contributed by atoms with Crippen LogP contribution >= 0.6 is 0 Å². The van der Waals surface area contributed by atoms with Gasteiger partial charge in [-0.15, -0.1) is 0 Å². The number of rotatable bonds is 3. The minimum atomic E-state index is -0.765. The number of amides is 3. The fourth-order valence-corrected chi connectivity index (χ4v) is 4.64. The molecule has 5 heteroatoms. The summed E-state index contributed by atoms with van der Waals surface area (Å²) in [5.74, 6) is 0.392. The van der Waals surface area contributed by atoms with Crippen LogP contribution < -0.4 is 11.1 Å². The monoisotopic (exact) mass is 293 g/mol. The van der Waals surface area contributed by atoms with E-state index in [1.54, 1.807) is 0 Å². The standard InChI is InChI=1S/C16H27N3O2/c17-16(12-7-3-1-4-8-12,13-9-5-2-6-10-13)19-14(20)11-18-15(19)21/h12-13H,1-11,17H2,(H,18,21). The zero-order valence-electron chi connectivity index (χ0n) is 12.8.